The molecule has 0 spiro atoms. The van der Waals surface area contributed by atoms with Crippen LogP contribution < -0.4 is 5.32 Å². The molecule has 0 aromatic carbocycles. The second kappa shape index (κ2) is 6.66. The minimum Gasteiger partial charge on any atom is -0.360 e. The van der Waals surface area contributed by atoms with Gasteiger partial charge in [-0.05, 0) is 26.9 Å². The molecule has 0 bridgehead atoms. The maximum Gasteiger partial charge on any atom is 0.151 e. The van der Waals surface area contributed by atoms with Crippen LogP contribution in [0.5, 0.6) is 0 Å². The lowest BCUT2D eigenvalue weighted by molar-refractivity contribution is 0.214. The van der Waals surface area contributed by atoms with Crippen molar-refractivity contribution in [3.8, 4) is 0 Å². The van der Waals surface area contributed by atoms with E-state index in [0.717, 1.165) is 37.5 Å². The Balaban J connectivity index is 2.45. The molecule has 1 aromatic rings. The summed E-state index contributed by atoms with van der Waals surface area (Å²) >= 11 is 0. The van der Waals surface area contributed by atoms with Gasteiger partial charge >= 0.3 is 0 Å². The number of rotatable bonds is 7. The Labute approximate surface area is 98.0 Å². The highest BCUT2D eigenvalue weighted by Gasteiger charge is 2.10. The van der Waals surface area contributed by atoms with Crippen LogP contribution in [0.25, 0.3) is 0 Å². The lowest BCUT2D eigenvalue weighted by Gasteiger charge is -2.21. The predicted molar refractivity (Wildman–Crippen MR) is 65.1 cm³/mol. The summed E-state index contributed by atoms with van der Waals surface area (Å²) in [6, 6.07) is 2.60. The molecule has 1 atom stereocenters. The minimum absolute atomic E-state index is 0.572. The number of nitrogens with zero attached hydrogens (tertiary/aromatic N) is 2. The molecule has 0 radical (unpaired) electrons. The molecule has 4 heteroatoms. The monoisotopic (exact) mass is 225 g/mol. The van der Waals surface area contributed by atoms with Gasteiger partial charge in [0.25, 0.3) is 0 Å². The van der Waals surface area contributed by atoms with Gasteiger partial charge in [0.1, 0.15) is 0 Å². The summed E-state index contributed by atoms with van der Waals surface area (Å²) in [6.07, 6.45) is 1.15. The van der Waals surface area contributed by atoms with E-state index < -0.39 is 0 Å². The average Bonchev–Trinajstić information content (AvgIpc) is 2.72. The van der Waals surface area contributed by atoms with Gasteiger partial charge in [-0.2, -0.15) is 0 Å². The molecule has 0 aliphatic carbocycles. The molecule has 0 fully saturated rings. The molecule has 1 heterocycles. The average molecular weight is 225 g/mol. The maximum atomic E-state index is 5.30. The fraction of sp³-hybridized carbons (Fsp3) is 0.750. The van der Waals surface area contributed by atoms with Crippen molar-refractivity contribution in [2.45, 2.75) is 46.3 Å². The Morgan fingerprint density at radius 2 is 2.25 bits per heavy atom. The van der Waals surface area contributed by atoms with E-state index in [-0.39, 0.29) is 0 Å². The third-order valence-electron chi connectivity index (χ3n) is 2.91. The van der Waals surface area contributed by atoms with E-state index >= 15 is 0 Å². The quantitative estimate of drug-likeness (QED) is 0.770. The molecule has 4 nitrogen and oxygen atoms in total. The SMILES string of the molecule is CCNCc1cc(CN(C)C(C)CC)on1. The molecular weight excluding hydrogens is 202 g/mol. The summed E-state index contributed by atoms with van der Waals surface area (Å²) in [5.41, 5.74) is 0.981. The lowest BCUT2D eigenvalue weighted by atomic mass is 10.2. The van der Waals surface area contributed by atoms with Crippen LogP contribution in [-0.2, 0) is 13.1 Å². The molecule has 1 N–H and O–H groups in total. The van der Waals surface area contributed by atoms with Crippen molar-refractivity contribution < 1.29 is 4.52 Å². The van der Waals surface area contributed by atoms with Crippen LogP contribution in [0.2, 0.25) is 0 Å². The molecule has 0 amide bonds. The van der Waals surface area contributed by atoms with Crippen LogP contribution in [0.1, 0.15) is 38.6 Å². The number of hydrogen-bond acceptors (Lipinski definition) is 4. The van der Waals surface area contributed by atoms with Gasteiger partial charge in [0.2, 0.25) is 0 Å². The van der Waals surface area contributed by atoms with Crippen LogP contribution >= 0.6 is 0 Å². The third-order valence-corrected chi connectivity index (χ3v) is 2.91. The Kier molecular flexibility index (Phi) is 5.49. The molecular formula is C12H23N3O. The largest absolute Gasteiger partial charge is 0.360 e. The zero-order chi connectivity index (χ0) is 12.0. The molecule has 1 aromatic heterocycles. The van der Waals surface area contributed by atoms with Crippen LogP contribution in [0.4, 0.5) is 0 Å². The number of hydrogen-bond donors (Lipinski definition) is 1. The first-order valence-electron chi connectivity index (χ1n) is 6.02. The fourth-order valence-corrected chi connectivity index (χ4v) is 1.48. The van der Waals surface area contributed by atoms with Gasteiger partial charge in [0, 0.05) is 18.7 Å². The zero-order valence-electron chi connectivity index (χ0n) is 10.8. The van der Waals surface area contributed by atoms with Crippen molar-refractivity contribution in [2.75, 3.05) is 13.6 Å². The van der Waals surface area contributed by atoms with Gasteiger partial charge in [0.05, 0.1) is 12.2 Å². The first kappa shape index (κ1) is 13.2. The highest BCUT2D eigenvalue weighted by atomic mass is 16.5. The lowest BCUT2D eigenvalue weighted by Crippen LogP contribution is -2.27. The highest BCUT2D eigenvalue weighted by Crippen LogP contribution is 2.09. The molecule has 0 saturated heterocycles. The normalized spacial score (nSPS) is 13.3. The van der Waals surface area contributed by atoms with Crippen molar-refractivity contribution in [3.05, 3.63) is 17.5 Å². The topological polar surface area (TPSA) is 41.3 Å². The molecule has 1 rings (SSSR count). The Hall–Kier alpha value is -0.870. The van der Waals surface area contributed by atoms with Gasteiger partial charge in [0.15, 0.2) is 5.76 Å². The second-order valence-corrected chi connectivity index (χ2v) is 4.24. The van der Waals surface area contributed by atoms with Crippen LogP contribution in [0, 0.1) is 0 Å². The summed E-state index contributed by atoms with van der Waals surface area (Å²) in [4.78, 5) is 2.28. The van der Waals surface area contributed by atoms with E-state index in [1.165, 1.54) is 0 Å². The maximum absolute atomic E-state index is 5.30. The van der Waals surface area contributed by atoms with Gasteiger partial charge in [-0.3, -0.25) is 4.90 Å². The first-order chi connectivity index (χ1) is 7.67. The third kappa shape index (κ3) is 3.94. The zero-order valence-corrected chi connectivity index (χ0v) is 10.8. The first-order valence-corrected chi connectivity index (χ1v) is 6.02. The van der Waals surface area contributed by atoms with Gasteiger partial charge in [-0.1, -0.05) is 19.0 Å². The highest BCUT2D eigenvalue weighted by molar-refractivity contribution is 5.05. The number of nitrogens with one attached hydrogen (secondary N) is 1. The van der Waals surface area contributed by atoms with Gasteiger partial charge < -0.3 is 9.84 Å². The smallest absolute Gasteiger partial charge is 0.151 e. The molecule has 92 valence electrons. The van der Waals surface area contributed by atoms with Crippen molar-refractivity contribution in [1.82, 2.24) is 15.4 Å². The molecule has 0 saturated carbocycles. The Bertz CT molecular complexity index is 298. The van der Waals surface area contributed by atoms with Crippen molar-refractivity contribution >= 4 is 0 Å². The van der Waals surface area contributed by atoms with E-state index in [0.29, 0.717) is 6.04 Å². The molecule has 16 heavy (non-hydrogen) atoms. The van der Waals surface area contributed by atoms with Crippen molar-refractivity contribution in [3.63, 3.8) is 0 Å². The van der Waals surface area contributed by atoms with E-state index in [9.17, 15) is 0 Å². The Morgan fingerprint density at radius 1 is 1.50 bits per heavy atom. The summed E-state index contributed by atoms with van der Waals surface area (Å²) in [7, 11) is 2.11. The Morgan fingerprint density at radius 3 is 2.88 bits per heavy atom. The molecule has 0 aliphatic rings. The van der Waals surface area contributed by atoms with E-state index in [1.54, 1.807) is 0 Å². The molecule has 1 unspecified atom stereocenters. The van der Waals surface area contributed by atoms with E-state index in [4.69, 9.17) is 4.52 Å². The van der Waals surface area contributed by atoms with Crippen LogP contribution in [0.3, 0.4) is 0 Å². The standard InChI is InChI=1S/C12H23N3O/c1-5-10(3)15(4)9-12-7-11(14-16-12)8-13-6-2/h7,10,13H,5-6,8-9H2,1-4H3. The summed E-state index contributed by atoms with van der Waals surface area (Å²) in [6.45, 7) is 9.06. The van der Waals surface area contributed by atoms with Gasteiger partial charge in [-0.25, -0.2) is 0 Å². The van der Waals surface area contributed by atoms with Crippen LogP contribution in [0.15, 0.2) is 10.6 Å². The summed E-state index contributed by atoms with van der Waals surface area (Å²) in [5.74, 6) is 0.940. The van der Waals surface area contributed by atoms with Crippen LogP contribution in [-0.4, -0.2) is 29.7 Å². The fourth-order valence-electron chi connectivity index (χ4n) is 1.48. The minimum atomic E-state index is 0.572. The summed E-state index contributed by atoms with van der Waals surface area (Å²) in [5, 5.41) is 7.26. The van der Waals surface area contributed by atoms with Crippen molar-refractivity contribution in [2.24, 2.45) is 0 Å². The second-order valence-electron chi connectivity index (χ2n) is 4.24. The van der Waals surface area contributed by atoms with Gasteiger partial charge in [-0.15, -0.1) is 0 Å². The van der Waals surface area contributed by atoms with Crippen molar-refractivity contribution in [1.29, 1.82) is 0 Å². The van der Waals surface area contributed by atoms with E-state index in [2.05, 4.69) is 43.2 Å². The number of aromatic nitrogens is 1. The predicted octanol–water partition coefficient (Wildman–Crippen LogP) is 2.01. The van der Waals surface area contributed by atoms with E-state index in [1.807, 2.05) is 6.07 Å². The molecule has 0 aliphatic heterocycles. The summed E-state index contributed by atoms with van der Waals surface area (Å²) < 4.78 is 5.30.